The fourth-order valence-electron chi connectivity index (χ4n) is 2.67. The summed E-state index contributed by atoms with van der Waals surface area (Å²) in [7, 11) is 0. The van der Waals surface area contributed by atoms with Crippen LogP contribution in [0.1, 0.15) is 35.3 Å². The monoisotopic (exact) mass is 354 g/mol. The standard InChI is InChI=1S/C20H22N2O2S/c1-5-24-16-9-7-15(8-10-16)19(23)14(4)21-20-22-18-13(3)12(2)6-11-17(18)25-20/h6-11,14H,5H2,1-4H3,(H,21,22). The van der Waals surface area contributed by atoms with Crippen molar-refractivity contribution in [1.82, 2.24) is 4.98 Å². The van der Waals surface area contributed by atoms with Crippen LogP contribution in [-0.4, -0.2) is 23.4 Å². The largest absolute Gasteiger partial charge is 0.494 e. The van der Waals surface area contributed by atoms with Gasteiger partial charge in [0.1, 0.15) is 5.75 Å². The molecule has 4 nitrogen and oxygen atoms in total. The van der Waals surface area contributed by atoms with Crippen molar-refractivity contribution in [3.63, 3.8) is 0 Å². The van der Waals surface area contributed by atoms with E-state index in [0.29, 0.717) is 12.2 Å². The van der Waals surface area contributed by atoms with Crippen molar-refractivity contribution in [2.75, 3.05) is 11.9 Å². The van der Waals surface area contributed by atoms with Crippen molar-refractivity contribution in [3.05, 3.63) is 53.1 Å². The molecule has 3 aromatic rings. The normalized spacial score (nSPS) is 12.2. The Morgan fingerprint density at radius 3 is 2.60 bits per heavy atom. The highest BCUT2D eigenvalue weighted by Gasteiger charge is 2.17. The molecule has 3 rings (SSSR count). The topological polar surface area (TPSA) is 51.2 Å². The Hall–Kier alpha value is -2.40. The van der Waals surface area contributed by atoms with E-state index < -0.39 is 0 Å². The van der Waals surface area contributed by atoms with Gasteiger partial charge in [-0.1, -0.05) is 17.4 Å². The van der Waals surface area contributed by atoms with Crippen molar-refractivity contribution >= 4 is 32.5 Å². The van der Waals surface area contributed by atoms with Crippen LogP contribution in [0.3, 0.4) is 0 Å². The summed E-state index contributed by atoms with van der Waals surface area (Å²) in [5.74, 6) is 0.812. The van der Waals surface area contributed by atoms with E-state index in [2.05, 4.69) is 36.3 Å². The Balaban J connectivity index is 1.76. The maximum atomic E-state index is 12.6. The number of hydrogen-bond donors (Lipinski definition) is 1. The van der Waals surface area contributed by atoms with Crippen molar-refractivity contribution in [2.45, 2.75) is 33.7 Å². The van der Waals surface area contributed by atoms with Gasteiger partial charge in [0.25, 0.3) is 0 Å². The summed E-state index contributed by atoms with van der Waals surface area (Å²) in [6.45, 7) is 8.58. The number of fused-ring (bicyclic) bond motifs is 1. The first-order valence-corrected chi connectivity index (χ1v) is 9.21. The second-order valence-corrected chi connectivity index (χ2v) is 7.09. The molecule has 0 saturated carbocycles. The zero-order chi connectivity index (χ0) is 18.0. The number of Topliss-reactive ketones (excluding diaryl/α,β-unsaturated/α-hetero) is 1. The summed E-state index contributed by atoms with van der Waals surface area (Å²) in [5, 5.41) is 4.02. The molecule has 130 valence electrons. The molecule has 1 unspecified atom stereocenters. The molecule has 0 aliphatic heterocycles. The highest BCUT2D eigenvalue weighted by Crippen LogP contribution is 2.30. The number of aromatic nitrogens is 1. The summed E-state index contributed by atoms with van der Waals surface area (Å²) in [6, 6.07) is 11.1. The quantitative estimate of drug-likeness (QED) is 0.633. The molecule has 0 aliphatic carbocycles. The minimum Gasteiger partial charge on any atom is -0.494 e. The number of hydrogen-bond acceptors (Lipinski definition) is 5. The first-order chi connectivity index (χ1) is 12.0. The third-order valence-corrected chi connectivity index (χ3v) is 5.22. The third-order valence-electron chi connectivity index (χ3n) is 4.27. The first kappa shape index (κ1) is 17.4. The molecule has 0 aliphatic rings. The molecule has 0 spiro atoms. The van der Waals surface area contributed by atoms with Gasteiger partial charge < -0.3 is 10.1 Å². The summed E-state index contributed by atoms with van der Waals surface area (Å²) in [5.41, 5.74) is 4.08. The summed E-state index contributed by atoms with van der Waals surface area (Å²) in [4.78, 5) is 17.3. The lowest BCUT2D eigenvalue weighted by molar-refractivity contribution is 0.0975. The number of ketones is 1. The fourth-order valence-corrected chi connectivity index (χ4v) is 3.68. The van der Waals surface area contributed by atoms with Gasteiger partial charge in [-0.15, -0.1) is 0 Å². The Labute approximate surface area is 151 Å². The third kappa shape index (κ3) is 3.66. The Morgan fingerprint density at radius 2 is 1.92 bits per heavy atom. The highest BCUT2D eigenvalue weighted by molar-refractivity contribution is 7.22. The van der Waals surface area contributed by atoms with Crippen molar-refractivity contribution < 1.29 is 9.53 Å². The molecular weight excluding hydrogens is 332 g/mol. The predicted octanol–water partition coefficient (Wildman–Crippen LogP) is 5.00. The Bertz CT molecular complexity index is 900. The van der Waals surface area contributed by atoms with Crippen LogP contribution in [0.25, 0.3) is 10.2 Å². The van der Waals surface area contributed by atoms with E-state index in [9.17, 15) is 4.79 Å². The molecule has 1 heterocycles. The summed E-state index contributed by atoms with van der Waals surface area (Å²) in [6.07, 6.45) is 0. The maximum Gasteiger partial charge on any atom is 0.184 e. The van der Waals surface area contributed by atoms with Crippen LogP contribution in [0.5, 0.6) is 5.75 Å². The van der Waals surface area contributed by atoms with Gasteiger partial charge in [-0.05, 0) is 69.2 Å². The number of ether oxygens (including phenoxy) is 1. The number of aryl methyl sites for hydroxylation is 2. The molecule has 2 aromatic carbocycles. The minimum atomic E-state index is -0.347. The average Bonchev–Trinajstić information content (AvgIpc) is 3.02. The van der Waals surface area contributed by atoms with Crippen LogP contribution >= 0.6 is 11.3 Å². The van der Waals surface area contributed by atoms with E-state index in [4.69, 9.17) is 4.74 Å². The van der Waals surface area contributed by atoms with E-state index in [1.54, 1.807) is 23.5 Å². The lowest BCUT2D eigenvalue weighted by Crippen LogP contribution is -2.26. The lowest BCUT2D eigenvalue weighted by atomic mass is 10.1. The Kier molecular flexibility index (Phi) is 5.04. The van der Waals surface area contributed by atoms with Crippen molar-refractivity contribution in [1.29, 1.82) is 0 Å². The van der Waals surface area contributed by atoms with E-state index in [1.165, 1.54) is 11.1 Å². The van der Waals surface area contributed by atoms with Gasteiger partial charge in [-0.3, -0.25) is 4.79 Å². The van der Waals surface area contributed by atoms with E-state index in [1.807, 2.05) is 26.0 Å². The number of carbonyl (C=O) groups is 1. The van der Waals surface area contributed by atoms with Gasteiger partial charge in [0, 0.05) is 5.56 Å². The maximum absolute atomic E-state index is 12.6. The molecule has 1 aromatic heterocycles. The van der Waals surface area contributed by atoms with E-state index >= 15 is 0 Å². The van der Waals surface area contributed by atoms with Crippen LogP contribution in [0.2, 0.25) is 0 Å². The summed E-state index contributed by atoms with van der Waals surface area (Å²) < 4.78 is 6.55. The predicted molar refractivity (Wildman–Crippen MR) is 104 cm³/mol. The fraction of sp³-hybridized carbons (Fsp3) is 0.300. The molecule has 0 radical (unpaired) electrons. The van der Waals surface area contributed by atoms with Gasteiger partial charge >= 0.3 is 0 Å². The number of rotatable bonds is 6. The van der Waals surface area contributed by atoms with Crippen LogP contribution in [0.15, 0.2) is 36.4 Å². The SMILES string of the molecule is CCOc1ccc(C(=O)C(C)Nc2nc3c(C)c(C)ccc3s2)cc1. The van der Waals surface area contributed by atoms with Crippen molar-refractivity contribution in [2.24, 2.45) is 0 Å². The van der Waals surface area contributed by atoms with Crippen LogP contribution < -0.4 is 10.1 Å². The van der Waals surface area contributed by atoms with Gasteiger partial charge in [0.05, 0.1) is 22.9 Å². The number of thiazole rings is 1. The zero-order valence-corrected chi connectivity index (χ0v) is 15.7. The molecule has 1 atom stereocenters. The Morgan fingerprint density at radius 1 is 1.20 bits per heavy atom. The van der Waals surface area contributed by atoms with Crippen LogP contribution in [0, 0.1) is 13.8 Å². The molecular formula is C20H22N2O2S. The van der Waals surface area contributed by atoms with Gasteiger partial charge in [-0.25, -0.2) is 4.98 Å². The highest BCUT2D eigenvalue weighted by atomic mass is 32.1. The second kappa shape index (κ2) is 7.23. The molecule has 0 bridgehead atoms. The molecule has 0 saturated heterocycles. The zero-order valence-electron chi connectivity index (χ0n) is 14.9. The molecule has 1 N–H and O–H groups in total. The minimum absolute atomic E-state index is 0.0372. The van der Waals surface area contributed by atoms with Crippen LogP contribution in [-0.2, 0) is 0 Å². The smallest absolute Gasteiger partial charge is 0.184 e. The van der Waals surface area contributed by atoms with Crippen LogP contribution in [0.4, 0.5) is 5.13 Å². The molecule has 25 heavy (non-hydrogen) atoms. The first-order valence-electron chi connectivity index (χ1n) is 8.40. The average molecular weight is 354 g/mol. The number of carbonyl (C=O) groups excluding carboxylic acids is 1. The molecule has 5 heteroatoms. The molecule has 0 fully saturated rings. The number of nitrogens with zero attached hydrogens (tertiary/aromatic N) is 1. The van der Waals surface area contributed by atoms with E-state index in [0.717, 1.165) is 21.1 Å². The van der Waals surface area contributed by atoms with Gasteiger partial charge in [0.15, 0.2) is 10.9 Å². The van der Waals surface area contributed by atoms with E-state index in [-0.39, 0.29) is 11.8 Å². The van der Waals surface area contributed by atoms with Gasteiger partial charge in [0.2, 0.25) is 0 Å². The van der Waals surface area contributed by atoms with Crippen molar-refractivity contribution in [3.8, 4) is 5.75 Å². The number of nitrogens with one attached hydrogen (secondary N) is 1. The van der Waals surface area contributed by atoms with Gasteiger partial charge in [-0.2, -0.15) is 0 Å². The lowest BCUT2D eigenvalue weighted by Gasteiger charge is -2.12. The summed E-state index contributed by atoms with van der Waals surface area (Å²) >= 11 is 1.58. The number of benzene rings is 2. The molecule has 0 amide bonds. The number of anilines is 1. The second-order valence-electron chi connectivity index (χ2n) is 6.06.